The molecule has 2 saturated heterocycles. The molecule has 3 rings (SSSR count). The first-order valence-electron chi connectivity index (χ1n) is 7.94. The first kappa shape index (κ1) is 17.1. The van der Waals surface area contributed by atoms with E-state index in [1.807, 2.05) is 0 Å². The van der Waals surface area contributed by atoms with E-state index in [1.54, 1.807) is 38.2 Å². The monoisotopic (exact) mass is 338 g/mol. The molecule has 0 spiro atoms. The van der Waals surface area contributed by atoms with Gasteiger partial charge in [-0.2, -0.15) is 0 Å². The third-order valence-corrected chi connectivity index (χ3v) is 4.09. The van der Waals surface area contributed by atoms with E-state index in [0.717, 1.165) is 0 Å². The van der Waals surface area contributed by atoms with E-state index in [1.165, 1.54) is 0 Å². The van der Waals surface area contributed by atoms with Crippen molar-refractivity contribution in [1.29, 1.82) is 0 Å². The smallest absolute Gasteiger partial charge is 0.239 e. The summed E-state index contributed by atoms with van der Waals surface area (Å²) >= 11 is 0. The summed E-state index contributed by atoms with van der Waals surface area (Å²) < 4.78 is 16.7. The normalized spacial score (nSPS) is 33.6. The van der Waals surface area contributed by atoms with Gasteiger partial charge in [0.25, 0.3) is 0 Å². The van der Waals surface area contributed by atoms with Gasteiger partial charge < -0.3 is 30.0 Å². The predicted octanol–water partition coefficient (Wildman–Crippen LogP) is -0.802. The number of rotatable bonds is 5. The van der Waals surface area contributed by atoms with E-state index in [0.29, 0.717) is 0 Å². The molecule has 0 bridgehead atoms. The first-order valence-corrected chi connectivity index (χ1v) is 7.94. The second kappa shape index (κ2) is 6.64. The van der Waals surface area contributed by atoms with Gasteiger partial charge in [0.05, 0.1) is 12.5 Å². The molecule has 3 N–H and O–H groups in total. The molecule has 4 atom stereocenters. The Morgan fingerprint density at radius 2 is 1.88 bits per heavy atom. The number of carbonyl (C=O) groups excluding carboxylic acids is 2. The standard InChI is InChI=1S/C16H22N2O6/c1-16(2)23-13-12(20)10(22-15(13)24-16)7-17-11(19)8-18-14(21)9-5-3-4-6-9/h3-6,9-10,12-13,15,20H,7-8H2,1-2H3,(H,17,19)(H,18,21)/t10-,12+,13-,15-/m1/s1. The van der Waals surface area contributed by atoms with Crippen LogP contribution in [0.25, 0.3) is 0 Å². The molecule has 0 aromatic rings. The molecule has 0 aromatic heterocycles. The molecular formula is C16H22N2O6. The molecule has 8 nitrogen and oxygen atoms in total. The molecule has 3 aliphatic rings. The minimum atomic E-state index is -0.888. The number of aliphatic hydroxyl groups excluding tert-OH is 1. The maximum Gasteiger partial charge on any atom is 0.239 e. The number of amides is 2. The Balaban J connectivity index is 1.39. The molecular weight excluding hydrogens is 316 g/mol. The summed E-state index contributed by atoms with van der Waals surface area (Å²) in [5.41, 5.74) is 0. The van der Waals surface area contributed by atoms with Crippen LogP contribution < -0.4 is 10.6 Å². The average Bonchev–Trinajstić information content (AvgIpc) is 3.20. The summed E-state index contributed by atoms with van der Waals surface area (Å²) in [6.45, 7) is 3.47. The van der Waals surface area contributed by atoms with Gasteiger partial charge in [-0.05, 0) is 13.8 Å². The van der Waals surface area contributed by atoms with Gasteiger partial charge in [0.1, 0.15) is 18.3 Å². The van der Waals surface area contributed by atoms with Gasteiger partial charge in [-0.3, -0.25) is 9.59 Å². The summed E-state index contributed by atoms with van der Waals surface area (Å²) in [5, 5.41) is 15.4. The molecule has 0 radical (unpaired) electrons. The van der Waals surface area contributed by atoms with E-state index in [4.69, 9.17) is 14.2 Å². The Labute approximate surface area is 139 Å². The van der Waals surface area contributed by atoms with Crippen LogP contribution in [0.1, 0.15) is 13.8 Å². The number of hydrogen-bond donors (Lipinski definition) is 3. The summed E-state index contributed by atoms with van der Waals surface area (Å²) in [6, 6.07) is 0. The fraction of sp³-hybridized carbons (Fsp3) is 0.625. The van der Waals surface area contributed by atoms with E-state index < -0.39 is 30.4 Å². The molecule has 0 unspecified atom stereocenters. The van der Waals surface area contributed by atoms with E-state index >= 15 is 0 Å². The average molecular weight is 338 g/mol. The zero-order valence-corrected chi connectivity index (χ0v) is 13.6. The second-order valence-electron chi connectivity index (χ2n) is 6.45. The SMILES string of the molecule is CC1(C)O[C@H]2O[C@H](CNC(=O)CNC(=O)C3C=CC=C3)[C@H](O)[C@H]2O1. The second-order valence-corrected chi connectivity index (χ2v) is 6.45. The Kier molecular flexibility index (Phi) is 4.73. The number of ether oxygens (including phenoxy) is 3. The van der Waals surface area contributed by atoms with Crippen LogP contribution in [0.2, 0.25) is 0 Å². The highest BCUT2D eigenvalue weighted by Crippen LogP contribution is 2.37. The van der Waals surface area contributed by atoms with Crippen molar-refractivity contribution in [2.24, 2.45) is 5.92 Å². The zero-order chi connectivity index (χ0) is 17.3. The predicted molar refractivity (Wildman–Crippen MR) is 82.5 cm³/mol. The number of carbonyl (C=O) groups is 2. The minimum Gasteiger partial charge on any atom is -0.387 e. The van der Waals surface area contributed by atoms with Crippen molar-refractivity contribution in [3.8, 4) is 0 Å². The lowest BCUT2D eigenvalue weighted by Crippen LogP contribution is -2.44. The number of allylic oxidation sites excluding steroid dienone is 2. The maximum atomic E-state index is 11.8. The summed E-state index contributed by atoms with van der Waals surface area (Å²) in [7, 11) is 0. The van der Waals surface area contributed by atoms with Crippen molar-refractivity contribution in [2.45, 2.75) is 44.2 Å². The van der Waals surface area contributed by atoms with Crippen LogP contribution in [0, 0.1) is 5.92 Å². The number of aliphatic hydroxyl groups is 1. The quantitative estimate of drug-likeness (QED) is 0.606. The van der Waals surface area contributed by atoms with Crippen LogP contribution in [0.3, 0.4) is 0 Å². The van der Waals surface area contributed by atoms with Gasteiger partial charge in [-0.25, -0.2) is 0 Å². The fourth-order valence-corrected chi connectivity index (χ4v) is 2.90. The molecule has 8 heteroatoms. The first-order chi connectivity index (χ1) is 11.4. The number of fused-ring (bicyclic) bond motifs is 1. The number of nitrogens with one attached hydrogen (secondary N) is 2. The minimum absolute atomic E-state index is 0.110. The highest BCUT2D eigenvalue weighted by molar-refractivity contribution is 5.88. The van der Waals surface area contributed by atoms with Crippen molar-refractivity contribution < 1.29 is 28.9 Å². The van der Waals surface area contributed by atoms with Crippen LogP contribution >= 0.6 is 0 Å². The number of hydrogen-bond acceptors (Lipinski definition) is 6. The van der Waals surface area contributed by atoms with E-state index in [2.05, 4.69) is 10.6 Å². The van der Waals surface area contributed by atoms with Gasteiger partial charge in [-0.1, -0.05) is 24.3 Å². The maximum absolute atomic E-state index is 11.8. The fourth-order valence-electron chi connectivity index (χ4n) is 2.90. The highest BCUT2D eigenvalue weighted by atomic mass is 16.8. The Morgan fingerprint density at radius 1 is 1.17 bits per heavy atom. The van der Waals surface area contributed by atoms with Crippen LogP contribution in [0.5, 0.6) is 0 Å². The van der Waals surface area contributed by atoms with Gasteiger partial charge >= 0.3 is 0 Å². The van der Waals surface area contributed by atoms with E-state index in [9.17, 15) is 14.7 Å². The molecule has 132 valence electrons. The molecule has 2 fully saturated rings. The third kappa shape index (κ3) is 3.67. The third-order valence-electron chi connectivity index (χ3n) is 4.09. The zero-order valence-electron chi connectivity index (χ0n) is 13.6. The molecule has 2 amide bonds. The summed E-state index contributed by atoms with van der Waals surface area (Å²) in [4.78, 5) is 23.6. The van der Waals surface area contributed by atoms with Gasteiger partial charge in [0.2, 0.25) is 11.8 Å². The van der Waals surface area contributed by atoms with Crippen LogP contribution in [0.4, 0.5) is 0 Å². The highest BCUT2D eigenvalue weighted by Gasteiger charge is 2.54. The van der Waals surface area contributed by atoms with Crippen LogP contribution in [-0.4, -0.2) is 60.4 Å². The van der Waals surface area contributed by atoms with Gasteiger partial charge in [0, 0.05) is 6.54 Å². The molecule has 0 aromatic carbocycles. The lowest BCUT2D eigenvalue weighted by atomic mass is 10.1. The van der Waals surface area contributed by atoms with Crippen molar-refractivity contribution in [3.05, 3.63) is 24.3 Å². The molecule has 24 heavy (non-hydrogen) atoms. The Bertz CT molecular complexity index is 561. The van der Waals surface area contributed by atoms with Gasteiger partial charge in [-0.15, -0.1) is 0 Å². The summed E-state index contributed by atoms with van der Waals surface area (Å²) in [6.07, 6.45) is 4.35. The molecule has 1 aliphatic carbocycles. The molecule has 2 heterocycles. The van der Waals surface area contributed by atoms with Crippen molar-refractivity contribution in [1.82, 2.24) is 10.6 Å². The van der Waals surface area contributed by atoms with Gasteiger partial charge in [0.15, 0.2) is 12.1 Å². The van der Waals surface area contributed by atoms with Crippen LogP contribution in [-0.2, 0) is 23.8 Å². The largest absolute Gasteiger partial charge is 0.387 e. The molecule has 2 aliphatic heterocycles. The Hall–Kier alpha value is -1.74. The topological polar surface area (TPSA) is 106 Å². The lowest BCUT2D eigenvalue weighted by molar-refractivity contribution is -0.214. The van der Waals surface area contributed by atoms with Crippen molar-refractivity contribution >= 4 is 11.8 Å². The van der Waals surface area contributed by atoms with Crippen molar-refractivity contribution in [3.63, 3.8) is 0 Å². The molecule has 0 saturated carbocycles. The van der Waals surface area contributed by atoms with E-state index in [-0.39, 0.29) is 30.8 Å². The van der Waals surface area contributed by atoms with Crippen molar-refractivity contribution in [2.75, 3.05) is 13.1 Å². The Morgan fingerprint density at radius 3 is 2.54 bits per heavy atom. The lowest BCUT2D eigenvalue weighted by Gasteiger charge is -2.23. The van der Waals surface area contributed by atoms with Crippen LogP contribution in [0.15, 0.2) is 24.3 Å². The summed E-state index contributed by atoms with van der Waals surface area (Å²) in [5.74, 6) is -1.71.